The summed E-state index contributed by atoms with van der Waals surface area (Å²) >= 11 is 0. The van der Waals surface area contributed by atoms with Gasteiger partial charge in [0.15, 0.2) is 11.5 Å². The topological polar surface area (TPSA) is 114 Å². The van der Waals surface area contributed by atoms with Gasteiger partial charge in [0.2, 0.25) is 0 Å². The molecule has 3 aromatic carbocycles. The molecule has 0 bridgehead atoms. The molecule has 3 aromatic rings. The quantitative estimate of drug-likeness (QED) is 0.305. The normalized spacial score (nSPS) is 12.2. The summed E-state index contributed by atoms with van der Waals surface area (Å²) in [6.45, 7) is 3.80. The van der Waals surface area contributed by atoms with Crippen molar-refractivity contribution in [3.8, 4) is 11.5 Å². The van der Waals surface area contributed by atoms with E-state index in [1.165, 1.54) is 19.2 Å². The number of non-ortho nitro benzene ring substituents is 1. The van der Waals surface area contributed by atoms with E-state index in [4.69, 9.17) is 9.47 Å². The van der Waals surface area contributed by atoms with Gasteiger partial charge in [0.05, 0.1) is 29.9 Å². The van der Waals surface area contributed by atoms with Crippen molar-refractivity contribution in [2.24, 2.45) is 4.99 Å². The molecule has 9 heteroatoms. The minimum Gasteiger partial charge on any atom is -0.493 e. The maximum Gasteiger partial charge on any atom is 0.270 e. The number of aliphatic imine (C=N–C) groups is 1. The molecule has 0 fully saturated rings. The van der Waals surface area contributed by atoms with Gasteiger partial charge in [0.25, 0.3) is 11.6 Å². The minimum absolute atomic E-state index is 0.0194. The van der Waals surface area contributed by atoms with Crippen LogP contribution in [0.1, 0.15) is 27.0 Å². The lowest BCUT2D eigenvalue weighted by atomic mass is 10.1. The van der Waals surface area contributed by atoms with Crippen molar-refractivity contribution in [1.82, 2.24) is 0 Å². The molecule has 34 heavy (non-hydrogen) atoms. The summed E-state index contributed by atoms with van der Waals surface area (Å²) in [6.07, 6.45) is 0.774. The Bertz CT molecular complexity index is 1270. The van der Waals surface area contributed by atoms with Gasteiger partial charge in [-0.2, -0.15) is 0 Å². The fourth-order valence-corrected chi connectivity index (χ4v) is 4.00. The number of nitrogens with zero attached hydrogens (tertiary/aromatic N) is 3. The highest BCUT2D eigenvalue weighted by Gasteiger charge is 2.28. The van der Waals surface area contributed by atoms with Crippen LogP contribution in [-0.2, 0) is 19.6 Å². The fourth-order valence-electron chi connectivity index (χ4n) is 4.00. The summed E-state index contributed by atoms with van der Waals surface area (Å²) in [5, 5.41) is 20.6. The number of ether oxygens (including phenoxy) is 2. The molecular weight excluding hydrogens is 438 g/mol. The van der Waals surface area contributed by atoms with Crippen molar-refractivity contribution >= 4 is 29.7 Å². The zero-order chi connectivity index (χ0) is 24.2. The Labute approximate surface area is 196 Å². The first kappa shape index (κ1) is 22.9. The number of carbonyl (C=O) groups excluding carboxylic acids is 1. The molecule has 1 aliphatic rings. The van der Waals surface area contributed by atoms with Crippen LogP contribution in [0.4, 0.5) is 17.1 Å². The number of carbonyl (C=O) groups is 1. The van der Waals surface area contributed by atoms with E-state index in [2.05, 4.69) is 11.7 Å². The van der Waals surface area contributed by atoms with Gasteiger partial charge in [-0.15, -0.1) is 0 Å². The number of rotatable bonds is 8. The number of methoxy groups -OCH3 is 1. The van der Waals surface area contributed by atoms with Gasteiger partial charge in [0.1, 0.15) is 6.61 Å². The van der Waals surface area contributed by atoms with Crippen LogP contribution < -0.4 is 14.4 Å². The lowest BCUT2D eigenvalue weighted by Crippen LogP contribution is -2.29. The van der Waals surface area contributed by atoms with Crippen LogP contribution in [0.15, 0.2) is 59.6 Å². The predicted octanol–water partition coefficient (Wildman–Crippen LogP) is 4.21. The molecule has 0 aliphatic carbocycles. The highest BCUT2D eigenvalue weighted by molar-refractivity contribution is 6.10. The van der Waals surface area contributed by atoms with Gasteiger partial charge >= 0.3 is 0 Å². The van der Waals surface area contributed by atoms with E-state index in [1.807, 2.05) is 24.3 Å². The summed E-state index contributed by atoms with van der Waals surface area (Å²) in [7, 11) is 1.46. The van der Waals surface area contributed by atoms with Gasteiger partial charge < -0.3 is 19.5 Å². The third-order valence-corrected chi connectivity index (χ3v) is 5.64. The Hall–Kier alpha value is -4.24. The van der Waals surface area contributed by atoms with Gasteiger partial charge in [-0.05, 0) is 48.0 Å². The fraction of sp³-hybridized carbons (Fsp3) is 0.200. The molecule has 0 spiro atoms. The lowest BCUT2D eigenvalue weighted by molar-refractivity contribution is -0.385. The van der Waals surface area contributed by atoms with E-state index >= 15 is 0 Å². The SMILES string of the molecule is C=Nc1cc(OCc2cc(CO)cc([N+](=O)[O-])c2)c(OC)cc1C(=O)N1CCc2ccccc21. The van der Waals surface area contributed by atoms with Gasteiger partial charge in [-0.1, -0.05) is 18.2 Å². The standard InChI is InChI=1S/C25H23N3O6/c1-26-21-13-24(34-15-17-9-16(14-29)10-19(11-17)28(31)32)23(33-2)12-20(21)25(30)27-8-7-18-5-3-4-6-22(18)27/h3-6,9-13,29H,1,7-8,14-15H2,2H3. The number of nitro benzene ring substituents is 1. The zero-order valence-corrected chi connectivity index (χ0v) is 18.6. The molecule has 1 heterocycles. The highest BCUT2D eigenvalue weighted by Crippen LogP contribution is 2.38. The van der Waals surface area contributed by atoms with Crippen molar-refractivity contribution in [3.63, 3.8) is 0 Å². The molecule has 4 rings (SSSR count). The van der Waals surface area contributed by atoms with Crippen LogP contribution in [0.2, 0.25) is 0 Å². The van der Waals surface area contributed by atoms with E-state index in [0.29, 0.717) is 40.4 Å². The predicted molar refractivity (Wildman–Crippen MR) is 127 cm³/mol. The number of nitro groups is 1. The summed E-state index contributed by atoms with van der Waals surface area (Å²) < 4.78 is 11.3. The number of fused-ring (bicyclic) bond motifs is 1. The van der Waals surface area contributed by atoms with Crippen molar-refractivity contribution in [2.45, 2.75) is 19.6 Å². The number of benzene rings is 3. The van der Waals surface area contributed by atoms with E-state index < -0.39 is 4.92 Å². The van der Waals surface area contributed by atoms with Gasteiger partial charge in [-0.3, -0.25) is 19.9 Å². The third kappa shape index (κ3) is 4.46. The second kappa shape index (κ2) is 9.72. The second-order valence-electron chi connectivity index (χ2n) is 7.73. The number of amides is 1. The third-order valence-electron chi connectivity index (χ3n) is 5.64. The van der Waals surface area contributed by atoms with Crippen LogP contribution in [0.5, 0.6) is 11.5 Å². The first-order chi connectivity index (χ1) is 16.4. The van der Waals surface area contributed by atoms with Crippen LogP contribution in [-0.4, -0.2) is 36.3 Å². The molecular formula is C25H23N3O6. The maximum atomic E-state index is 13.4. The molecule has 0 saturated carbocycles. The average Bonchev–Trinajstić information content (AvgIpc) is 3.30. The van der Waals surface area contributed by atoms with Gasteiger partial charge in [-0.25, -0.2) is 0 Å². The largest absolute Gasteiger partial charge is 0.493 e. The van der Waals surface area contributed by atoms with E-state index in [0.717, 1.165) is 17.7 Å². The van der Waals surface area contributed by atoms with Crippen molar-refractivity contribution in [3.05, 3.63) is 87.0 Å². The van der Waals surface area contributed by atoms with E-state index in [9.17, 15) is 20.0 Å². The molecule has 0 saturated heterocycles. The lowest BCUT2D eigenvalue weighted by Gasteiger charge is -2.20. The summed E-state index contributed by atoms with van der Waals surface area (Å²) in [5.41, 5.74) is 3.40. The van der Waals surface area contributed by atoms with Crippen LogP contribution >= 0.6 is 0 Å². The molecule has 0 radical (unpaired) electrons. The molecule has 174 valence electrons. The Kier molecular flexibility index (Phi) is 6.55. The highest BCUT2D eigenvalue weighted by atomic mass is 16.6. The van der Waals surface area contributed by atoms with Crippen molar-refractivity contribution < 1.29 is 24.3 Å². The monoisotopic (exact) mass is 461 g/mol. The zero-order valence-electron chi connectivity index (χ0n) is 18.6. The first-order valence-corrected chi connectivity index (χ1v) is 10.5. The molecule has 1 aliphatic heterocycles. The van der Waals surface area contributed by atoms with E-state index in [1.54, 1.807) is 23.1 Å². The van der Waals surface area contributed by atoms with Crippen LogP contribution in [0, 0.1) is 10.1 Å². The maximum absolute atomic E-state index is 13.4. The Morgan fingerprint density at radius 1 is 1.18 bits per heavy atom. The van der Waals surface area contributed by atoms with Crippen molar-refractivity contribution in [1.29, 1.82) is 0 Å². The minimum atomic E-state index is -0.528. The Balaban J connectivity index is 1.62. The van der Waals surface area contributed by atoms with Gasteiger partial charge in [0, 0.05) is 30.4 Å². The second-order valence-corrected chi connectivity index (χ2v) is 7.73. The summed E-state index contributed by atoms with van der Waals surface area (Å²) in [5.74, 6) is 0.403. The average molecular weight is 461 g/mol. The first-order valence-electron chi connectivity index (χ1n) is 10.5. The number of aliphatic hydroxyl groups is 1. The number of anilines is 1. The van der Waals surface area contributed by atoms with Crippen LogP contribution in [0.25, 0.3) is 0 Å². The smallest absolute Gasteiger partial charge is 0.270 e. The van der Waals surface area contributed by atoms with Crippen molar-refractivity contribution in [2.75, 3.05) is 18.6 Å². The van der Waals surface area contributed by atoms with Crippen LogP contribution in [0.3, 0.4) is 0 Å². The molecule has 1 N–H and O–H groups in total. The molecule has 0 atom stereocenters. The molecule has 0 unspecified atom stereocenters. The number of hydrogen-bond donors (Lipinski definition) is 1. The molecule has 9 nitrogen and oxygen atoms in total. The molecule has 1 amide bonds. The summed E-state index contributed by atoms with van der Waals surface area (Å²) in [4.78, 5) is 29.7. The molecule has 0 aromatic heterocycles. The Morgan fingerprint density at radius 3 is 2.65 bits per heavy atom. The number of para-hydroxylation sites is 1. The number of aliphatic hydroxyl groups excluding tert-OH is 1. The Morgan fingerprint density at radius 2 is 1.94 bits per heavy atom. The summed E-state index contributed by atoms with van der Waals surface area (Å²) in [6, 6.07) is 15.2. The van der Waals surface area contributed by atoms with E-state index in [-0.39, 0.29) is 24.8 Å². The number of hydrogen-bond acceptors (Lipinski definition) is 7.